The highest BCUT2D eigenvalue weighted by Crippen LogP contribution is 2.44. The van der Waals surface area contributed by atoms with E-state index in [1.165, 1.54) is 42.5 Å². The van der Waals surface area contributed by atoms with Crippen LogP contribution >= 0.6 is 0 Å². The lowest BCUT2D eigenvalue weighted by Gasteiger charge is -2.53. The zero-order valence-corrected chi connectivity index (χ0v) is 29.8. The number of sulfonamides is 1. The summed E-state index contributed by atoms with van der Waals surface area (Å²) in [5, 5.41) is 10.1. The summed E-state index contributed by atoms with van der Waals surface area (Å²) in [5.74, 6) is -3.95. The second-order valence-corrected chi connectivity index (χ2v) is 15.8. The van der Waals surface area contributed by atoms with Crippen molar-refractivity contribution >= 4 is 32.4 Å². The van der Waals surface area contributed by atoms with Crippen LogP contribution in [-0.4, -0.2) is 61.7 Å². The summed E-state index contributed by atoms with van der Waals surface area (Å²) in [7, 11) is -1.08. The summed E-state index contributed by atoms with van der Waals surface area (Å²) in [5.41, 5.74) is 9.97. The van der Waals surface area contributed by atoms with Crippen molar-refractivity contribution in [1.82, 2.24) is 29.4 Å². The van der Waals surface area contributed by atoms with Crippen LogP contribution in [0.5, 0.6) is 5.75 Å². The van der Waals surface area contributed by atoms with E-state index >= 15 is 0 Å². The molecule has 3 N–H and O–H groups in total. The first kappa shape index (κ1) is 35.2. The Morgan fingerprint density at radius 3 is 2.30 bits per heavy atom. The smallest absolute Gasteiger partial charge is 0.355 e. The Kier molecular flexibility index (Phi) is 8.88. The second kappa shape index (κ2) is 12.6. The van der Waals surface area contributed by atoms with Gasteiger partial charge >= 0.3 is 5.76 Å². The molecule has 1 saturated heterocycles. The van der Waals surface area contributed by atoms with Crippen LogP contribution in [0.3, 0.4) is 0 Å². The maximum Gasteiger partial charge on any atom is 0.355 e. The van der Waals surface area contributed by atoms with Crippen LogP contribution in [0.25, 0.3) is 33.3 Å². The molecule has 0 spiro atoms. The molecule has 3 aromatic heterocycles. The van der Waals surface area contributed by atoms with E-state index in [1.54, 1.807) is 24.9 Å². The van der Waals surface area contributed by atoms with Gasteiger partial charge in [0.1, 0.15) is 29.2 Å². The average Bonchev–Trinajstić information content (AvgIpc) is 3.67. The lowest BCUT2D eigenvalue weighted by Crippen LogP contribution is -2.58. The third-order valence-corrected chi connectivity index (χ3v) is 10.8. The third-order valence-electron chi connectivity index (χ3n) is 9.85. The van der Waals surface area contributed by atoms with Crippen molar-refractivity contribution in [3.05, 3.63) is 72.4 Å². The summed E-state index contributed by atoms with van der Waals surface area (Å²) >= 11 is 0. The van der Waals surface area contributed by atoms with Gasteiger partial charge in [-0.25, -0.2) is 17.8 Å². The number of alkyl halides is 2. The summed E-state index contributed by atoms with van der Waals surface area (Å²) in [6, 6.07) is 10.1. The number of ether oxygens (including phenoxy) is 1. The van der Waals surface area contributed by atoms with Gasteiger partial charge in [-0.1, -0.05) is 18.2 Å². The number of rotatable bonds is 9. The highest BCUT2D eigenvalue weighted by Gasteiger charge is 2.44. The molecule has 0 aliphatic carbocycles. The second-order valence-electron chi connectivity index (χ2n) is 14.1. The first-order valence-corrected chi connectivity index (χ1v) is 17.7. The minimum Gasteiger partial charge on any atom is -0.484 e. The molecule has 1 aliphatic rings. The van der Waals surface area contributed by atoms with Gasteiger partial charge in [-0.3, -0.25) is 19.0 Å². The van der Waals surface area contributed by atoms with Crippen LogP contribution in [0.2, 0.25) is 0 Å². The van der Waals surface area contributed by atoms with E-state index in [1.807, 2.05) is 21.8 Å². The highest BCUT2D eigenvalue weighted by atomic mass is 32.2. The Morgan fingerprint density at radius 2 is 1.66 bits per heavy atom. The van der Waals surface area contributed by atoms with Crippen LogP contribution in [-0.2, 0) is 17.1 Å². The van der Waals surface area contributed by atoms with Crippen molar-refractivity contribution in [2.24, 2.45) is 7.05 Å². The standard InChI is InChI=1S/C35H41F3N8O3S/c1-20(21-8-11-24(36)12-9-21)49-28-14-22(10-13-27(28)43-50(47,48)33(37)38)30-29-31(44(6)42-30)26(18-40-32(29)39)23-17-41-46(19-23)25-15-34(2,3)45(7)35(4,5)16-25/h8-14,17-20,25,33,43H,15-16H2,1-7H3,(H2,39,40)/t20-/m0/s1. The SMILES string of the molecule is C[C@H](Oc1cc(-c2nn(C)c3c(-c4cnn(C5CC(C)(C)N(C)C(C)(C)C5)c4)cnc(N)c23)ccc1NS(=O)(=O)C(F)F)c1ccc(F)cc1. The van der Waals surface area contributed by atoms with Crippen molar-refractivity contribution in [3.63, 3.8) is 0 Å². The molecule has 0 saturated carbocycles. The lowest BCUT2D eigenvalue weighted by atomic mass is 9.77. The number of hydrogen-bond donors (Lipinski definition) is 2. The number of nitrogens with zero attached hydrogens (tertiary/aromatic N) is 6. The molecule has 4 heterocycles. The van der Waals surface area contributed by atoms with Crippen LogP contribution in [0.15, 0.2) is 61.1 Å². The van der Waals surface area contributed by atoms with E-state index in [9.17, 15) is 21.6 Å². The number of likely N-dealkylation sites (tertiary alicyclic amines) is 1. The van der Waals surface area contributed by atoms with Gasteiger partial charge in [0.2, 0.25) is 0 Å². The zero-order valence-electron chi connectivity index (χ0n) is 28.9. The quantitative estimate of drug-likeness (QED) is 0.165. The highest BCUT2D eigenvalue weighted by molar-refractivity contribution is 7.93. The van der Waals surface area contributed by atoms with Gasteiger partial charge in [-0.05, 0) is 84.3 Å². The molecule has 0 bridgehead atoms. The number of aromatic nitrogens is 5. The predicted octanol–water partition coefficient (Wildman–Crippen LogP) is 7.15. The van der Waals surface area contributed by atoms with Crippen LogP contribution in [0, 0.1) is 5.82 Å². The molecule has 0 unspecified atom stereocenters. The van der Waals surface area contributed by atoms with Gasteiger partial charge in [-0.2, -0.15) is 19.0 Å². The molecule has 0 amide bonds. The Labute approximate surface area is 289 Å². The molecule has 15 heteroatoms. The van der Waals surface area contributed by atoms with E-state index in [0.29, 0.717) is 27.7 Å². The van der Waals surface area contributed by atoms with Crippen molar-refractivity contribution in [2.75, 3.05) is 17.5 Å². The molecule has 1 atom stereocenters. The first-order valence-electron chi connectivity index (χ1n) is 16.1. The summed E-state index contributed by atoms with van der Waals surface area (Å²) < 4.78 is 76.4. The predicted molar refractivity (Wildman–Crippen MR) is 188 cm³/mol. The number of halogens is 3. The number of nitrogens with two attached hydrogens (primary N) is 1. The number of fused-ring (bicyclic) bond motifs is 1. The van der Waals surface area contributed by atoms with Crippen LogP contribution in [0.4, 0.5) is 24.7 Å². The number of anilines is 2. The molecule has 1 fully saturated rings. The van der Waals surface area contributed by atoms with E-state index in [0.717, 1.165) is 24.0 Å². The Morgan fingerprint density at radius 1 is 1.00 bits per heavy atom. The molecule has 50 heavy (non-hydrogen) atoms. The fourth-order valence-electron chi connectivity index (χ4n) is 6.97. The molecule has 11 nitrogen and oxygen atoms in total. The number of pyridine rings is 1. The van der Waals surface area contributed by atoms with E-state index < -0.39 is 27.7 Å². The fraction of sp³-hybridized carbons (Fsp3) is 0.400. The van der Waals surface area contributed by atoms with Gasteiger partial charge in [0, 0.05) is 47.2 Å². The maximum atomic E-state index is 13.6. The summed E-state index contributed by atoms with van der Waals surface area (Å²) in [6.07, 6.45) is 6.66. The molecule has 2 aromatic carbocycles. The van der Waals surface area contributed by atoms with E-state index in [-0.39, 0.29) is 34.4 Å². The minimum atomic E-state index is -5.03. The maximum absolute atomic E-state index is 13.6. The molecule has 5 aromatic rings. The number of benzene rings is 2. The van der Waals surface area contributed by atoms with Gasteiger partial charge in [0.15, 0.2) is 0 Å². The number of aryl methyl sites for hydroxylation is 1. The number of nitrogens with one attached hydrogen (secondary N) is 1. The number of nitrogen functional groups attached to an aromatic ring is 1. The first-order chi connectivity index (χ1) is 23.4. The number of hydrogen-bond acceptors (Lipinski definition) is 8. The van der Waals surface area contributed by atoms with Gasteiger partial charge in [0.25, 0.3) is 10.0 Å². The topological polar surface area (TPSA) is 133 Å². The Hall–Kier alpha value is -4.63. The normalized spacial score (nSPS) is 17.3. The summed E-state index contributed by atoms with van der Waals surface area (Å²) in [4.78, 5) is 6.93. The van der Waals surface area contributed by atoms with E-state index in [4.69, 9.17) is 20.7 Å². The fourth-order valence-corrected chi connectivity index (χ4v) is 7.54. The molecule has 0 radical (unpaired) electrons. The van der Waals surface area contributed by atoms with Gasteiger partial charge in [0.05, 0.1) is 28.8 Å². The molecule has 266 valence electrons. The molecular formula is C35H41F3N8O3S. The summed E-state index contributed by atoms with van der Waals surface area (Å²) in [6.45, 7) is 10.7. The van der Waals surface area contributed by atoms with Crippen molar-refractivity contribution in [1.29, 1.82) is 0 Å². The van der Waals surface area contributed by atoms with Crippen molar-refractivity contribution in [3.8, 4) is 28.1 Å². The lowest BCUT2D eigenvalue weighted by molar-refractivity contribution is -0.0285. The van der Waals surface area contributed by atoms with Crippen LogP contribution in [0.1, 0.15) is 65.2 Å². The molecule has 6 rings (SSSR count). The third kappa shape index (κ3) is 6.51. The van der Waals surface area contributed by atoms with E-state index in [2.05, 4.69) is 44.6 Å². The van der Waals surface area contributed by atoms with Gasteiger partial charge < -0.3 is 10.5 Å². The molecule has 1 aliphatic heterocycles. The number of piperidine rings is 1. The van der Waals surface area contributed by atoms with Crippen molar-refractivity contribution < 1.29 is 26.3 Å². The van der Waals surface area contributed by atoms with Crippen LogP contribution < -0.4 is 15.2 Å². The Balaban J connectivity index is 1.41. The largest absolute Gasteiger partial charge is 0.484 e. The average molecular weight is 711 g/mol. The zero-order chi connectivity index (χ0) is 36.3. The Bertz CT molecular complexity index is 2150. The van der Waals surface area contributed by atoms with Gasteiger partial charge in [-0.15, -0.1) is 0 Å². The molecular weight excluding hydrogens is 669 g/mol. The monoisotopic (exact) mass is 710 g/mol. The minimum absolute atomic E-state index is 0.0282. The van der Waals surface area contributed by atoms with Crippen molar-refractivity contribution in [2.45, 2.75) is 76.4 Å².